The molecule has 3 heterocycles. The molecular weight excluding hydrogens is 888 g/mol. The van der Waals surface area contributed by atoms with Crippen LogP contribution in [0.5, 0.6) is 0 Å². The van der Waals surface area contributed by atoms with Crippen molar-refractivity contribution in [2.24, 2.45) is 0 Å². The average molecular weight is 925 g/mol. The van der Waals surface area contributed by atoms with E-state index in [9.17, 15) is 0 Å². The number of rotatable bonds is 9. The van der Waals surface area contributed by atoms with E-state index in [1.807, 2.05) is 91.5 Å². The van der Waals surface area contributed by atoms with E-state index in [1.165, 1.54) is 0 Å². The summed E-state index contributed by atoms with van der Waals surface area (Å²) in [5.41, 5.74) is 18.0. The third-order valence-corrected chi connectivity index (χ3v) is 12.4. The van der Waals surface area contributed by atoms with E-state index in [2.05, 4.69) is 169 Å². The molecule has 3 aromatic heterocycles. The van der Waals surface area contributed by atoms with Gasteiger partial charge < -0.3 is 0 Å². The van der Waals surface area contributed by atoms with Crippen molar-refractivity contribution in [1.29, 1.82) is 0 Å². The maximum atomic E-state index is 4.82. The van der Waals surface area contributed by atoms with Gasteiger partial charge in [-0.25, -0.2) is 9.97 Å². The Morgan fingerprint density at radius 3 is 1.06 bits per heavy atom. The van der Waals surface area contributed by atoms with Crippen molar-refractivity contribution in [2.75, 3.05) is 0 Å². The second-order valence-electron chi connectivity index (χ2n) is 14.9. The molecule has 0 amide bonds. The Morgan fingerprint density at radius 1 is 0.258 bits per heavy atom. The molecule has 10 aromatic rings. The lowest BCUT2D eigenvalue weighted by Crippen LogP contribution is -1.94. The largest absolute Gasteiger partial charge is 0.256 e. The normalized spacial score (nSPS) is 11.1. The van der Waals surface area contributed by atoms with Crippen molar-refractivity contribution in [3.8, 4) is 101 Å². The van der Waals surface area contributed by atoms with E-state index in [-0.39, 0.29) is 0 Å². The minimum absolute atomic E-state index is 0.697. The highest BCUT2D eigenvalue weighted by Gasteiger charge is 2.18. The summed E-state index contributed by atoms with van der Waals surface area (Å²) in [6, 6.07) is 67.9. The van der Waals surface area contributed by atoms with Gasteiger partial charge in [0, 0.05) is 56.0 Å². The summed E-state index contributed by atoms with van der Waals surface area (Å²) >= 11 is 7.92. The summed E-state index contributed by atoms with van der Waals surface area (Å²) in [5, 5.41) is 0. The van der Waals surface area contributed by atoms with Crippen LogP contribution in [-0.2, 0) is 0 Å². The van der Waals surface area contributed by atoms with Gasteiger partial charge in [0.25, 0.3) is 0 Å². The molecule has 0 fully saturated rings. The summed E-state index contributed by atoms with van der Waals surface area (Å²) in [7, 11) is 0. The van der Waals surface area contributed by atoms with E-state index >= 15 is 0 Å². The summed E-state index contributed by atoms with van der Waals surface area (Å²) in [4.78, 5) is 18.8. The summed E-state index contributed by atoms with van der Waals surface area (Å²) in [6.45, 7) is 0. The Hall–Kier alpha value is -7.12. The number of hydrogen-bond donors (Lipinski definition) is 0. The molecule has 0 N–H and O–H groups in total. The maximum Gasteiger partial charge on any atom is 0.159 e. The van der Waals surface area contributed by atoms with E-state index in [0.717, 1.165) is 104 Å². The zero-order valence-corrected chi connectivity index (χ0v) is 36.5. The zero-order valence-electron chi connectivity index (χ0n) is 33.3. The van der Waals surface area contributed by atoms with E-state index in [1.54, 1.807) is 0 Å². The fraction of sp³-hybridized carbons (Fsp3) is 0. The molecule has 7 aromatic carbocycles. The SMILES string of the molecule is Brc1cc(-c2ccccn2)ccc1-c1ccccc1-c1cc(-c2ccccc2-c2cnc(-c3ccccc3)nc2)cc(-c2ccccc2-c2ccc(-c3ccccn3)cc2Br)c1. The zero-order chi connectivity index (χ0) is 41.8. The van der Waals surface area contributed by atoms with E-state index in [0.29, 0.717) is 5.82 Å². The van der Waals surface area contributed by atoms with Gasteiger partial charge in [0.15, 0.2) is 5.82 Å². The molecule has 0 spiro atoms. The van der Waals surface area contributed by atoms with Crippen LogP contribution in [0.15, 0.2) is 228 Å². The summed E-state index contributed by atoms with van der Waals surface area (Å²) in [5.74, 6) is 0.697. The standard InChI is InChI=1S/C56H36Br2N4/c57-52-33-38(54-22-10-12-28-59-54)24-26-50(52)48-20-8-6-17-45(48)41-30-40(44-16-4-5-19-47(44)43-35-61-56(62-36-43)37-14-2-1-3-15-37)31-42(32-41)46-18-7-9-21-49(46)51-27-25-39(34-53(51)58)55-23-11-13-29-60-55/h1-36H. The van der Waals surface area contributed by atoms with Crippen LogP contribution in [0.1, 0.15) is 0 Å². The Balaban J connectivity index is 1.14. The molecule has 10 rings (SSSR count). The molecule has 0 bridgehead atoms. The summed E-state index contributed by atoms with van der Waals surface area (Å²) in [6.07, 6.45) is 7.52. The highest BCUT2D eigenvalue weighted by atomic mass is 79.9. The first kappa shape index (κ1) is 39.0. The molecular formula is C56H36Br2N4. The third-order valence-electron chi connectivity index (χ3n) is 11.1. The number of aromatic nitrogens is 4. The third kappa shape index (κ3) is 7.94. The number of benzene rings is 7. The van der Waals surface area contributed by atoms with Gasteiger partial charge in [0.2, 0.25) is 0 Å². The van der Waals surface area contributed by atoms with Crippen LogP contribution in [0.3, 0.4) is 0 Å². The van der Waals surface area contributed by atoms with Gasteiger partial charge in [-0.15, -0.1) is 0 Å². The minimum Gasteiger partial charge on any atom is -0.256 e. The van der Waals surface area contributed by atoms with Gasteiger partial charge in [-0.05, 0) is 116 Å². The molecule has 0 aliphatic rings. The number of hydrogen-bond acceptors (Lipinski definition) is 4. The monoisotopic (exact) mass is 922 g/mol. The van der Waals surface area contributed by atoms with Crippen LogP contribution >= 0.6 is 31.9 Å². The van der Waals surface area contributed by atoms with Gasteiger partial charge in [-0.3, -0.25) is 9.97 Å². The second kappa shape index (κ2) is 17.5. The second-order valence-corrected chi connectivity index (χ2v) is 16.6. The van der Waals surface area contributed by atoms with Crippen molar-refractivity contribution in [1.82, 2.24) is 19.9 Å². The molecule has 0 radical (unpaired) electrons. The highest BCUT2D eigenvalue weighted by Crippen LogP contribution is 2.44. The Morgan fingerprint density at radius 2 is 0.645 bits per heavy atom. The number of pyridine rings is 2. The van der Waals surface area contributed by atoms with E-state index in [4.69, 9.17) is 9.97 Å². The predicted octanol–water partition coefficient (Wildman–Crippen LogP) is 15.8. The molecule has 0 aliphatic heterocycles. The first-order valence-corrected chi connectivity index (χ1v) is 21.9. The molecule has 0 unspecified atom stereocenters. The van der Waals surface area contributed by atoms with Crippen LogP contribution in [0.4, 0.5) is 0 Å². The quantitative estimate of drug-likeness (QED) is 0.145. The molecule has 4 nitrogen and oxygen atoms in total. The van der Waals surface area contributed by atoms with Crippen LogP contribution < -0.4 is 0 Å². The highest BCUT2D eigenvalue weighted by molar-refractivity contribution is 9.11. The Bertz CT molecular complexity index is 3040. The van der Waals surface area contributed by atoms with Gasteiger partial charge >= 0.3 is 0 Å². The first-order valence-electron chi connectivity index (χ1n) is 20.3. The van der Waals surface area contributed by atoms with Crippen molar-refractivity contribution in [3.63, 3.8) is 0 Å². The summed E-state index contributed by atoms with van der Waals surface area (Å²) < 4.78 is 2.00. The van der Waals surface area contributed by atoms with Crippen molar-refractivity contribution < 1.29 is 0 Å². The van der Waals surface area contributed by atoms with Gasteiger partial charge in [0.05, 0.1) is 11.4 Å². The average Bonchev–Trinajstić information content (AvgIpc) is 3.35. The van der Waals surface area contributed by atoms with Crippen LogP contribution in [0, 0.1) is 0 Å². The number of halogens is 2. The van der Waals surface area contributed by atoms with Crippen molar-refractivity contribution in [2.45, 2.75) is 0 Å². The lowest BCUT2D eigenvalue weighted by molar-refractivity contribution is 1.18. The fourth-order valence-electron chi connectivity index (χ4n) is 8.08. The van der Waals surface area contributed by atoms with E-state index < -0.39 is 0 Å². The first-order chi connectivity index (χ1) is 30.6. The lowest BCUT2D eigenvalue weighted by Gasteiger charge is -2.19. The Kier molecular flexibility index (Phi) is 11.0. The molecule has 0 saturated carbocycles. The lowest BCUT2D eigenvalue weighted by atomic mass is 9.86. The molecule has 6 heteroatoms. The van der Waals surface area contributed by atoms with Gasteiger partial charge in [-0.2, -0.15) is 0 Å². The van der Waals surface area contributed by atoms with Gasteiger partial charge in [-0.1, -0.05) is 171 Å². The van der Waals surface area contributed by atoms with Crippen LogP contribution in [0.25, 0.3) is 101 Å². The smallest absolute Gasteiger partial charge is 0.159 e. The Labute approximate surface area is 378 Å². The molecule has 0 atom stereocenters. The topological polar surface area (TPSA) is 51.6 Å². The van der Waals surface area contributed by atoms with Crippen LogP contribution in [-0.4, -0.2) is 19.9 Å². The van der Waals surface area contributed by atoms with Crippen LogP contribution in [0.2, 0.25) is 0 Å². The molecule has 0 saturated heterocycles. The fourth-order valence-corrected chi connectivity index (χ4v) is 9.26. The molecule has 0 aliphatic carbocycles. The maximum absolute atomic E-state index is 4.82. The number of nitrogens with zero attached hydrogens (tertiary/aromatic N) is 4. The van der Waals surface area contributed by atoms with Crippen molar-refractivity contribution >= 4 is 31.9 Å². The molecule has 294 valence electrons. The van der Waals surface area contributed by atoms with Gasteiger partial charge in [0.1, 0.15) is 0 Å². The molecule has 62 heavy (non-hydrogen) atoms. The van der Waals surface area contributed by atoms with Crippen molar-refractivity contribution in [3.05, 3.63) is 228 Å². The minimum atomic E-state index is 0.697. The predicted molar refractivity (Wildman–Crippen MR) is 262 cm³/mol.